The van der Waals surface area contributed by atoms with Crippen molar-refractivity contribution >= 4 is 22.6 Å². The Morgan fingerprint density at radius 2 is 2.00 bits per heavy atom. The third-order valence-electron chi connectivity index (χ3n) is 2.57. The zero-order valence-corrected chi connectivity index (χ0v) is 11.3. The highest BCUT2D eigenvalue weighted by Crippen LogP contribution is 2.20. The van der Waals surface area contributed by atoms with E-state index >= 15 is 0 Å². The summed E-state index contributed by atoms with van der Waals surface area (Å²) in [4.78, 5) is 0. The molecule has 2 N–H and O–H groups in total. The molecule has 0 saturated heterocycles. The topological polar surface area (TPSA) is 43.8 Å². The van der Waals surface area contributed by atoms with Crippen molar-refractivity contribution in [3.05, 3.63) is 40.2 Å². The van der Waals surface area contributed by atoms with E-state index in [-0.39, 0.29) is 6.04 Å². The van der Waals surface area contributed by atoms with E-state index in [1.807, 2.05) is 17.1 Å². The van der Waals surface area contributed by atoms with Crippen LogP contribution in [0.2, 0.25) is 0 Å². The molecule has 1 atom stereocenters. The quantitative estimate of drug-likeness (QED) is 0.881. The van der Waals surface area contributed by atoms with Crippen molar-refractivity contribution in [1.82, 2.24) is 9.78 Å². The normalized spacial score (nSPS) is 12.7. The van der Waals surface area contributed by atoms with Gasteiger partial charge in [-0.15, -0.1) is 0 Å². The molecule has 4 heteroatoms. The first kappa shape index (κ1) is 11.6. The Morgan fingerprint density at radius 3 is 2.62 bits per heavy atom. The number of halogens is 1. The number of hydrogen-bond acceptors (Lipinski definition) is 2. The van der Waals surface area contributed by atoms with E-state index in [0.717, 1.165) is 5.56 Å². The van der Waals surface area contributed by atoms with E-state index < -0.39 is 0 Å². The lowest BCUT2D eigenvalue weighted by Gasteiger charge is -2.07. The Balaban J connectivity index is 2.28. The summed E-state index contributed by atoms with van der Waals surface area (Å²) in [5, 5.41) is 4.32. The monoisotopic (exact) mass is 327 g/mol. The lowest BCUT2D eigenvalue weighted by molar-refractivity contribution is 0.501. The van der Waals surface area contributed by atoms with E-state index in [1.165, 1.54) is 9.13 Å². The van der Waals surface area contributed by atoms with Gasteiger partial charge in [-0.3, -0.25) is 4.68 Å². The molecule has 3 nitrogen and oxygen atoms in total. The Morgan fingerprint density at radius 1 is 1.31 bits per heavy atom. The van der Waals surface area contributed by atoms with Crippen molar-refractivity contribution in [2.24, 2.45) is 5.73 Å². The molecule has 2 rings (SSSR count). The molecule has 84 valence electrons. The molecule has 0 bridgehead atoms. The molecule has 0 aliphatic heterocycles. The van der Waals surface area contributed by atoms with E-state index in [4.69, 9.17) is 5.73 Å². The van der Waals surface area contributed by atoms with Crippen LogP contribution in [-0.2, 0) is 0 Å². The number of aromatic nitrogens is 2. The van der Waals surface area contributed by atoms with Gasteiger partial charge in [-0.1, -0.05) is 12.1 Å². The Hall–Kier alpha value is -0.880. The minimum absolute atomic E-state index is 0.248. The van der Waals surface area contributed by atoms with E-state index in [1.54, 1.807) is 0 Å². The molecule has 0 amide bonds. The maximum absolute atomic E-state index is 5.61. The smallest absolute Gasteiger partial charge is 0.0613 e. The fourth-order valence-corrected chi connectivity index (χ4v) is 1.84. The molecule has 1 aromatic heterocycles. The molecule has 0 aliphatic carbocycles. The van der Waals surface area contributed by atoms with Gasteiger partial charge >= 0.3 is 0 Å². The first-order chi connectivity index (χ1) is 7.70. The van der Waals surface area contributed by atoms with Crippen LogP contribution in [0.3, 0.4) is 0 Å². The molecule has 1 heterocycles. The van der Waals surface area contributed by atoms with Crippen molar-refractivity contribution < 1.29 is 0 Å². The Labute approximate surface area is 109 Å². The summed E-state index contributed by atoms with van der Waals surface area (Å²) in [6, 6.07) is 8.66. The maximum atomic E-state index is 5.61. The molecule has 0 fully saturated rings. The van der Waals surface area contributed by atoms with E-state index in [0.29, 0.717) is 6.54 Å². The average molecular weight is 327 g/mol. The predicted octanol–water partition coefficient (Wildman–Crippen LogP) is 2.67. The zero-order chi connectivity index (χ0) is 11.5. The van der Waals surface area contributed by atoms with Crippen molar-refractivity contribution in [3.8, 4) is 11.1 Å². The van der Waals surface area contributed by atoms with Gasteiger partial charge in [0, 0.05) is 21.9 Å². The molecule has 1 aromatic carbocycles. The summed E-state index contributed by atoms with van der Waals surface area (Å²) in [5.74, 6) is 0. The minimum Gasteiger partial charge on any atom is -0.328 e. The molecule has 2 aromatic rings. The highest BCUT2D eigenvalue weighted by atomic mass is 127. The fourth-order valence-electron chi connectivity index (χ4n) is 1.48. The van der Waals surface area contributed by atoms with Gasteiger partial charge in [0.2, 0.25) is 0 Å². The number of nitrogens with two attached hydrogens (primary N) is 1. The van der Waals surface area contributed by atoms with Gasteiger partial charge in [-0.2, -0.15) is 5.10 Å². The molecular weight excluding hydrogens is 313 g/mol. The molecule has 0 radical (unpaired) electrons. The van der Waals surface area contributed by atoms with Crippen LogP contribution in [0, 0.1) is 3.57 Å². The van der Waals surface area contributed by atoms with Gasteiger partial charge in [0.1, 0.15) is 0 Å². The summed E-state index contributed by atoms with van der Waals surface area (Å²) in [7, 11) is 0. The second kappa shape index (κ2) is 4.97. The standard InChI is InChI=1S/C12H14IN3/c1-9(6-14)16-8-11(7-15-16)10-2-4-12(13)5-3-10/h2-5,7-9H,6,14H2,1H3/t9-/m1/s1. The molecule has 16 heavy (non-hydrogen) atoms. The Bertz CT molecular complexity index is 461. The van der Waals surface area contributed by atoms with Gasteiger partial charge in [0.25, 0.3) is 0 Å². The number of benzene rings is 1. The van der Waals surface area contributed by atoms with Crippen LogP contribution in [-0.4, -0.2) is 16.3 Å². The van der Waals surface area contributed by atoms with Crippen LogP contribution < -0.4 is 5.73 Å². The highest BCUT2D eigenvalue weighted by Gasteiger charge is 2.05. The van der Waals surface area contributed by atoms with Crippen LogP contribution >= 0.6 is 22.6 Å². The number of rotatable bonds is 3. The van der Waals surface area contributed by atoms with Crippen LogP contribution in [0.1, 0.15) is 13.0 Å². The van der Waals surface area contributed by atoms with Crippen LogP contribution in [0.5, 0.6) is 0 Å². The number of nitrogens with zero attached hydrogens (tertiary/aromatic N) is 2. The zero-order valence-electron chi connectivity index (χ0n) is 9.10. The minimum atomic E-state index is 0.248. The molecule has 0 aliphatic rings. The predicted molar refractivity (Wildman–Crippen MR) is 74.1 cm³/mol. The van der Waals surface area contributed by atoms with Gasteiger partial charge in [-0.25, -0.2) is 0 Å². The van der Waals surface area contributed by atoms with Gasteiger partial charge in [0.15, 0.2) is 0 Å². The first-order valence-corrected chi connectivity index (χ1v) is 6.28. The average Bonchev–Trinajstić information content (AvgIpc) is 2.78. The van der Waals surface area contributed by atoms with E-state index in [2.05, 4.69) is 58.9 Å². The maximum Gasteiger partial charge on any atom is 0.0613 e. The van der Waals surface area contributed by atoms with Gasteiger partial charge in [-0.05, 0) is 47.2 Å². The SMILES string of the molecule is C[C@H](CN)n1cc(-c2ccc(I)cc2)cn1. The molecular formula is C12H14IN3. The van der Waals surface area contributed by atoms with Crippen molar-refractivity contribution in [3.63, 3.8) is 0 Å². The second-order valence-corrected chi connectivity index (χ2v) is 5.05. The summed E-state index contributed by atoms with van der Waals surface area (Å²) in [6.07, 6.45) is 3.92. The highest BCUT2D eigenvalue weighted by molar-refractivity contribution is 14.1. The second-order valence-electron chi connectivity index (χ2n) is 3.80. The fraction of sp³-hybridized carbons (Fsp3) is 0.250. The molecule has 0 spiro atoms. The lowest BCUT2D eigenvalue weighted by atomic mass is 10.1. The number of hydrogen-bond donors (Lipinski definition) is 1. The van der Waals surface area contributed by atoms with Crippen LogP contribution in [0.15, 0.2) is 36.7 Å². The third kappa shape index (κ3) is 2.44. The first-order valence-electron chi connectivity index (χ1n) is 5.21. The van der Waals surface area contributed by atoms with Crippen LogP contribution in [0.25, 0.3) is 11.1 Å². The van der Waals surface area contributed by atoms with Gasteiger partial charge in [0.05, 0.1) is 12.2 Å². The van der Waals surface area contributed by atoms with Crippen molar-refractivity contribution in [1.29, 1.82) is 0 Å². The summed E-state index contributed by atoms with van der Waals surface area (Å²) in [5.41, 5.74) is 7.94. The molecule has 0 unspecified atom stereocenters. The molecule has 0 saturated carbocycles. The Kier molecular flexibility index (Phi) is 3.60. The van der Waals surface area contributed by atoms with Crippen molar-refractivity contribution in [2.75, 3.05) is 6.54 Å². The largest absolute Gasteiger partial charge is 0.328 e. The summed E-state index contributed by atoms with van der Waals surface area (Å²) in [6.45, 7) is 2.67. The lowest BCUT2D eigenvalue weighted by Crippen LogP contribution is -2.16. The summed E-state index contributed by atoms with van der Waals surface area (Å²) >= 11 is 2.30. The van der Waals surface area contributed by atoms with Crippen molar-refractivity contribution in [2.45, 2.75) is 13.0 Å². The third-order valence-corrected chi connectivity index (χ3v) is 3.29. The van der Waals surface area contributed by atoms with Gasteiger partial charge < -0.3 is 5.73 Å². The van der Waals surface area contributed by atoms with Crippen LogP contribution in [0.4, 0.5) is 0 Å². The van der Waals surface area contributed by atoms with E-state index in [9.17, 15) is 0 Å². The summed E-state index contributed by atoms with van der Waals surface area (Å²) < 4.78 is 3.15.